The lowest BCUT2D eigenvalue weighted by atomic mass is 10.1. The molecule has 0 bridgehead atoms. The van der Waals surface area contributed by atoms with Crippen molar-refractivity contribution < 1.29 is 21.6 Å². The molecule has 1 saturated heterocycles. The summed E-state index contributed by atoms with van der Waals surface area (Å²) in [6, 6.07) is 21.5. The number of hydrogen-bond donors (Lipinski definition) is 0. The monoisotopic (exact) mass is 512 g/mol. The summed E-state index contributed by atoms with van der Waals surface area (Å²) in [5, 5.41) is 0. The topological polar surface area (TPSA) is 91.8 Å². The van der Waals surface area contributed by atoms with Gasteiger partial charge in [-0.15, -0.1) is 0 Å². The molecular weight excluding hydrogens is 484 g/mol. The van der Waals surface area contributed by atoms with Crippen LogP contribution in [-0.2, 0) is 20.0 Å². The van der Waals surface area contributed by atoms with Crippen molar-refractivity contribution in [2.75, 3.05) is 13.1 Å². The molecule has 3 aromatic rings. The van der Waals surface area contributed by atoms with Crippen molar-refractivity contribution in [1.29, 1.82) is 0 Å². The predicted molar refractivity (Wildman–Crippen MR) is 134 cm³/mol. The highest BCUT2D eigenvalue weighted by atomic mass is 32.3. The highest BCUT2D eigenvalue weighted by Gasteiger charge is 2.42. The summed E-state index contributed by atoms with van der Waals surface area (Å²) >= 11 is 0. The lowest BCUT2D eigenvalue weighted by Crippen LogP contribution is -2.47. The number of rotatable bonds is 7. The summed E-state index contributed by atoms with van der Waals surface area (Å²) in [5.41, 5.74) is 1.50. The molecule has 1 amide bonds. The first kappa shape index (κ1) is 25.1. The number of hydrogen-bond acceptors (Lipinski definition) is 5. The summed E-state index contributed by atoms with van der Waals surface area (Å²) in [5.74, 6) is -0.149. The molecule has 2 atom stereocenters. The van der Waals surface area contributed by atoms with E-state index in [-0.39, 0.29) is 28.2 Å². The van der Waals surface area contributed by atoms with Crippen LogP contribution in [0.4, 0.5) is 0 Å². The van der Waals surface area contributed by atoms with E-state index in [1.807, 2.05) is 26.0 Å². The van der Waals surface area contributed by atoms with E-state index in [0.717, 1.165) is 5.56 Å². The fourth-order valence-corrected chi connectivity index (χ4v) is 8.11. The minimum absolute atomic E-state index is 0.0927. The molecule has 1 heterocycles. The first-order valence-corrected chi connectivity index (χ1v) is 14.2. The molecule has 0 spiro atoms. The summed E-state index contributed by atoms with van der Waals surface area (Å²) in [6.45, 7) is 3.95. The van der Waals surface area contributed by atoms with E-state index in [1.54, 1.807) is 53.4 Å². The molecular formula is C26H28N2O5S2. The van der Waals surface area contributed by atoms with E-state index < -0.39 is 26.1 Å². The van der Waals surface area contributed by atoms with Gasteiger partial charge in [0.15, 0.2) is 0 Å². The smallest absolute Gasteiger partial charge is 0.256 e. The molecule has 184 valence electrons. The number of benzene rings is 3. The highest BCUT2D eigenvalue weighted by molar-refractivity contribution is 8.04. The minimum atomic E-state index is -4.42. The van der Waals surface area contributed by atoms with Crippen molar-refractivity contribution in [3.8, 4) is 0 Å². The molecule has 2 unspecified atom stereocenters. The second-order valence-electron chi connectivity index (χ2n) is 8.91. The Kier molecular flexibility index (Phi) is 7.12. The van der Waals surface area contributed by atoms with Crippen LogP contribution in [0.25, 0.3) is 0 Å². The van der Waals surface area contributed by atoms with Crippen LogP contribution in [0.1, 0.15) is 29.3 Å². The number of amides is 1. The average Bonchev–Trinajstić information content (AvgIpc) is 3.23. The maximum absolute atomic E-state index is 13.6. The Bertz CT molecular complexity index is 1320. The summed E-state index contributed by atoms with van der Waals surface area (Å²) in [7, 11) is -8.85. The van der Waals surface area contributed by atoms with Crippen LogP contribution in [0.2, 0.25) is 0 Å². The van der Waals surface area contributed by atoms with Crippen molar-refractivity contribution in [3.05, 3.63) is 96.1 Å². The Morgan fingerprint density at radius 2 is 1.31 bits per heavy atom. The van der Waals surface area contributed by atoms with Gasteiger partial charge in [-0.05, 0) is 55.7 Å². The van der Waals surface area contributed by atoms with Gasteiger partial charge in [0.2, 0.25) is 0 Å². The van der Waals surface area contributed by atoms with Gasteiger partial charge in [0.1, 0.15) is 0 Å². The van der Waals surface area contributed by atoms with Gasteiger partial charge in [-0.1, -0.05) is 64.7 Å². The molecule has 1 fully saturated rings. The quantitative estimate of drug-likeness (QED) is 0.478. The molecule has 1 aliphatic rings. The molecule has 7 nitrogen and oxygen atoms in total. The van der Waals surface area contributed by atoms with E-state index in [1.165, 1.54) is 24.3 Å². The fraction of sp³-hybridized carbons (Fsp3) is 0.269. The number of likely N-dealkylation sites (tertiary alicyclic amines) is 1. The van der Waals surface area contributed by atoms with Crippen LogP contribution in [0.3, 0.4) is 0 Å². The third-order valence-corrected chi connectivity index (χ3v) is 10.4. The van der Waals surface area contributed by atoms with Crippen LogP contribution in [-0.4, -0.2) is 50.5 Å². The van der Waals surface area contributed by atoms with Gasteiger partial charge in [-0.25, -0.2) is 16.8 Å². The maximum atomic E-state index is 13.6. The Labute approximate surface area is 207 Å². The van der Waals surface area contributed by atoms with Gasteiger partial charge < -0.3 is 4.90 Å². The molecule has 35 heavy (non-hydrogen) atoms. The second kappa shape index (κ2) is 9.93. The molecule has 0 saturated carbocycles. The molecule has 9 heteroatoms. The van der Waals surface area contributed by atoms with Crippen LogP contribution in [0, 0.1) is 12.8 Å². The SMILES string of the molecule is Cc1ccc(C(=O)N2CC(C)CC2CN(S(=O)(=O)c2ccccc2)S(=O)(=O)c2ccccc2)cc1. The van der Waals surface area contributed by atoms with Crippen molar-refractivity contribution in [3.63, 3.8) is 0 Å². The zero-order valence-corrected chi connectivity index (χ0v) is 21.2. The normalized spacial score (nSPS) is 18.7. The van der Waals surface area contributed by atoms with Gasteiger partial charge >= 0.3 is 0 Å². The van der Waals surface area contributed by atoms with Gasteiger partial charge in [0.05, 0.1) is 16.3 Å². The lowest BCUT2D eigenvalue weighted by molar-refractivity contribution is 0.0727. The van der Waals surface area contributed by atoms with E-state index in [9.17, 15) is 21.6 Å². The number of aryl methyl sites for hydroxylation is 1. The summed E-state index contributed by atoms with van der Waals surface area (Å²) in [6.07, 6.45) is 0.489. The Morgan fingerprint density at radius 3 is 1.80 bits per heavy atom. The Morgan fingerprint density at radius 1 is 0.829 bits per heavy atom. The summed E-state index contributed by atoms with van der Waals surface area (Å²) < 4.78 is 55.2. The zero-order chi connectivity index (χ0) is 25.2. The molecule has 3 aromatic carbocycles. The van der Waals surface area contributed by atoms with Crippen molar-refractivity contribution >= 4 is 26.0 Å². The van der Waals surface area contributed by atoms with Gasteiger partial charge in [0.25, 0.3) is 26.0 Å². The molecule has 0 N–H and O–H groups in total. The predicted octanol–water partition coefficient (Wildman–Crippen LogP) is 3.93. The maximum Gasteiger partial charge on any atom is 0.256 e. The van der Waals surface area contributed by atoms with Crippen molar-refractivity contribution in [2.24, 2.45) is 5.92 Å². The van der Waals surface area contributed by atoms with E-state index in [2.05, 4.69) is 0 Å². The van der Waals surface area contributed by atoms with Crippen LogP contribution in [0.5, 0.6) is 0 Å². The Balaban J connectivity index is 1.75. The third kappa shape index (κ3) is 5.17. The third-order valence-electron chi connectivity index (χ3n) is 6.16. The minimum Gasteiger partial charge on any atom is -0.334 e. The zero-order valence-electron chi connectivity index (χ0n) is 19.6. The number of nitrogens with zero attached hydrogens (tertiary/aromatic N) is 2. The standard InChI is InChI=1S/C26H28N2O5S2/c1-20-13-15-22(16-14-20)26(29)27-18-21(2)17-23(27)19-28(34(30,31)24-9-5-3-6-10-24)35(32,33)25-11-7-4-8-12-25/h3-16,21,23H,17-19H2,1-2H3. The first-order chi connectivity index (χ1) is 16.6. The van der Waals surface area contributed by atoms with Gasteiger partial charge in [0, 0.05) is 18.2 Å². The lowest BCUT2D eigenvalue weighted by Gasteiger charge is -2.30. The van der Waals surface area contributed by atoms with E-state index in [0.29, 0.717) is 22.2 Å². The summed E-state index contributed by atoms with van der Waals surface area (Å²) in [4.78, 5) is 14.7. The van der Waals surface area contributed by atoms with Crippen LogP contribution >= 0.6 is 0 Å². The highest BCUT2D eigenvalue weighted by Crippen LogP contribution is 2.30. The van der Waals surface area contributed by atoms with Crippen LogP contribution in [0.15, 0.2) is 94.7 Å². The molecule has 0 aromatic heterocycles. The number of carbonyl (C=O) groups excluding carboxylic acids is 1. The van der Waals surface area contributed by atoms with Gasteiger partial charge in [-0.2, -0.15) is 0 Å². The van der Waals surface area contributed by atoms with Crippen molar-refractivity contribution in [2.45, 2.75) is 36.1 Å². The van der Waals surface area contributed by atoms with E-state index in [4.69, 9.17) is 0 Å². The number of carbonyl (C=O) groups is 1. The molecule has 0 aliphatic carbocycles. The van der Waals surface area contributed by atoms with Crippen LogP contribution < -0.4 is 0 Å². The molecule has 1 aliphatic heterocycles. The largest absolute Gasteiger partial charge is 0.334 e. The van der Waals surface area contributed by atoms with Crippen molar-refractivity contribution in [1.82, 2.24) is 8.61 Å². The number of sulfonamides is 2. The first-order valence-electron chi connectivity index (χ1n) is 11.4. The fourth-order valence-electron chi connectivity index (χ4n) is 4.35. The molecule has 4 rings (SSSR count). The second-order valence-corrected chi connectivity index (χ2v) is 12.9. The van der Waals surface area contributed by atoms with E-state index >= 15 is 0 Å². The average molecular weight is 513 g/mol. The Hall–Kier alpha value is -3.01. The molecule has 0 radical (unpaired) electrons. The van der Waals surface area contributed by atoms with Gasteiger partial charge in [-0.3, -0.25) is 4.79 Å².